The molecule has 1 atom stereocenters. The minimum Gasteiger partial charge on any atom is -0.382 e. The van der Waals surface area contributed by atoms with Gasteiger partial charge in [-0.3, -0.25) is 4.79 Å². The number of Topliss-reactive ketones (excluding diaryl/α,β-unsaturated/α-hetero) is 1. The van der Waals surface area contributed by atoms with E-state index in [4.69, 9.17) is 0 Å². The number of carbonyl (C=O) groups excluding carboxylic acids is 1. The lowest BCUT2D eigenvalue weighted by molar-refractivity contribution is 0.0988. The summed E-state index contributed by atoms with van der Waals surface area (Å²) in [7, 11) is 0. The molecule has 0 spiro atoms. The number of hydrogen-bond donors (Lipinski definition) is 1. The molecule has 2 heteroatoms. The fraction of sp³-hybridized carbons (Fsp3) is 0.500. The number of nitrogens with one attached hydrogen (secondary N) is 1. The molecule has 0 amide bonds. The largest absolute Gasteiger partial charge is 0.382 e. The normalized spacial score (nSPS) is 12.6. The zero-order valence-corrected chi connectivity index (χ0v) is 10.6. The average molecular weight is 219 g/mol. The summed E-state index contributed by atoms with van der Waals surface area (Å²) in [5.41, 5.74) is 1.87. The Bertz CT molecular complexity index is 340. The van der Waals surface area contributed by atoms with E-state index in [2.05, 4.69) is 26.1 Å². The van der Waals surface area contributed by atoms with Gasteiger partial charge in [0.05, 0.1) is 0 Å². The van der Waals surface area contributed by atoms with Crippen molar-refractivity contribution in [2.24, 2.45) is 5.92 Å². The fourth-order valence-electron chi connectivity index (χ4n) is 1.39. The maximum atomic E-state index is 11.4. The number of ketones is 1. The van der Waals surface area contributed by atoms with Gasteiger partial charge in [-0.1, -0.05) is 20.8 Å². The zero-order chi connectivity index (χ0) is 12.1. The highest BCUT2D eigenvalue weighted by Crippen LogP contribution is 2.14. The van der Waals surface area contributed by atoms with Crippen molar-refractivity contribution in [3.05, 3.63) is 29.8 Å². The van der Waals surface area contributed by atoms with Crippen LogP contribution in [-0.4, -0.2) is 11.8 Å². The summed E-state index contributed by atoms with van der Waals surface area (Å²) >= 11 is 0. The van der Waals surface area contributed by atoms with Crippen LogP contribution in [-0.2, 0) is 0 Å². The van der Waals surface area contributed by atoms with Crippen LogP contribution in [0, 0.1) is 5.92 Å². The molecule has 0 saturated carbocycles. The van der Waals surface area contributed by atoms with Crippen molar-refractivity contribution in [3.8, 4) is 0 Å². The monoisotopic (exact) mass is 219 g/mol. The Balaban J connectivity index is 2.68. The van der Waals surface area contributed by atoms with Gasteiger partial charge in [-0.15, -0.1) is 0 Å². The van der Waals surface area contributed by atoms with E-state index in [0.717, 1.165) is 11.3 Å². The van der Waals surface area contributed by atoms with Crippen molar-refractivity contribution in [3.63, 3.8) is 0 Å². The van der Waals surface area contributed by atoms with Crippen LogP contribution in [0.2, 0.25) is 0 Å². The topological polar surface area (TPSA) is 29.1 Å². The smallest absolute Gasteiger partial charge is 0.162 e. The molecule has 0 aliphatic heterocycles. The molecule has 0 radical (unpaired) electrons. The van der Waals surface area contributed by atoms with E-state index < -0.39 is 0 Å². The van der Waals surface area contributed by atoms with Crippen molar-refractivity contribution in [1.82, 2.24) is 0 Å². The van der Waals surface area contributed by atoms with E-state index in [0.29, 0.717) is 18.4 Å². The number of carbonyl (C=O) groups is 1. The van der Waals surface area contributed by atoms with Crippen LogP contribution in [0.3, 0.4) is 0 Å². The molecule has 0 fully saturated rings. The predicted octanol–water partition coefficient (Wildman–Crippen LogP) is 3.74. The predicted molar refractivity (Wildman–Crippen MR) is 69.0 cm³/mol. The van der Waals surface area contributed by atoms with E-state index >= 15 is 0 Å². The highest BCUT2D eigenvalue weighted by Gasteiger charge is 2.07. The van der Waals surface area contributed by atoms with Crippen molar-refractivity contribution in [2.75, 3.05) is 5.32 Å². The molecule has 2 nitrogen and oxygen atoms in total. The maximum absolute atomic E-state index is 11.4. The molecule has 1 aromatic rings. The van der Waals surface area contributed by atoms with Crippen LogP contribution in [0.1, 0.15) is 44.5 Å². The lowest BCUT2D eigenvalue weighted by atomic mass is 10.1. The lowest BCUT2D eigenvalue weighted by Gasteiger charge is -2.18. The van der Waals surface area contributed by atoms with Gasteiger partial charge in [0, 0.05) is 23.7 Å². The summed E-state index contributed by atoms with van der Waals surface area (Å²) in [5, 5.41) is 3.41. The molecule has 1 N–H and O–H groups in total. The molecule has 0 saturated heterocycles. The summed E-state index contributed by atoms with van der Waals surface area (Å²) in [5.74, 6) is 0.792. The summed E-state index contributed by atoms with van der Waals surface area (Å²) in [6.07, 6.45) is 0.565. The van der Waals surface area contributed by atoms with Gasteiger partial charge in [0.1, 0.15) is 0 Å². The molecule has 88 valence electrons. The highest BCUT2D eigenvalue weighted by atomic mass is 16.1. The van der Waals surface area contributed by atoms with Gasteiger partial charge in [0.15, 0.2) is 5.78 Å². The first kappa shape index (κ1) is 12.8. The van der Waals surface area contributed by atoms with Crippen LogP contribution in [0.5, 0.6) is 0 Å². The molecule has 1 aromatic carbocycles. The standard InChI is InChI=1S/C14H21NO/c1-5-14(16)12-6-8-13(9-7-12)15-11(4)10(2)3/h6-11,15H,5H2,1-4H3. The van der Waals surface area contributed by atoms with Gasteiger partial charge in [-0.05, 0) is 37.1 Å². The van der Waals surface area contributed by atoms with Crippen LogP contribution < -0.4 is 5.32 Å². The fourth-order valence-corrected chi connectivity index (χ4v) is 1.39. The SMILES string of the molecule is CCC(=O)c1ccc(NC(C)C(C)C)cc1. The molecule has 0 aliphatic carbocycles. The van der Waals surface area contributed by atoms with E-state index in [1.165, 1.54) is 0 Å². The summed E-state index contributed by atoms with van der Waals surface area (Å²) in [4.78, 5) is 11.4. The molecule has 16 heavy (non-hydrogen) atoms. The van der Waals surface area contributed by atoms with Gasteiger partial charge in [-0.25, -0.2) is 0 Å². The molecule has 0 heterocycles. The third-order valence-corrected chi connectivity index (χ3v) is 2.92. The summed E-state index contributed by atoms with van der Waals surface area (Å²) in [6.45, 7) is 8.42. The van der Waals surface area contributed by atoms with Crippen molar-refractivity contribution < 1.29 is 4.79 Å². The molecule has 0 aromatic heterocycles. The second-order valence-electron chi connectivity index (χ2n) is 4.53. The molecular weight excluding hydrogens is 198 g/mol. The first-order valence-electron chi connectivity index (χ1n) is 5.94. The Morgan fingerprint density at radius 3 is 2.19 bits per heavy atom. The zero-order valence-electron chi connectivity index (χ0n) is 10.6. The van der Waals surface area contributed by atoms with E-state index in [9.17, 15) is 4.79 Å². The number of hydrogen-bond acceptors (Lipinski definition) is 2. The summed E-state index contributed by atoms with van der Waals surface area (Å²) < 4.78 is 0. The first-order chi connectivity index (χ1) is 7.54. The van der Waals surface area contributed by atoms with Crippen LogP contribution in [0.25, 0.3) is 0 Å². The maximum Gasteiger partial charge on any atom is 0.162 e. The Hall–Kier alpha value is -1.31. The Morgan fingerprint density at radius 1 is 1.19 bits per heavy atom. The van der Waals surface area contributed by atoms with E-state index in [-0.39, 0.29) is 5.78 Å². The average Bonchev–Trinajstić information content (AvgIpc) is 2.28. The van der Waals surface area contributed by atoms with E-state index in [1.54, 1.807) is 0 Å². The number of anilines is 1. The van der Waals surface area contributed by atoms with Crippen molar-refractivity contribution in [1.29, 1.82) is 0 Å². The minimum absolute atomic E-state index is 0.198. The first-order valence-corrected chi connectivity index (χ1v) is 5.94. The van der Waals surface area contributed by atoms with Gasteiger partial charge < -0.3 is 5.32 Å². The van der Waals surface area contributed by atoms with Crippen LogP contribution >= 0.6 is 0 Å². The van der Waals surface area contributed by atoms with Gasteiger partial charge >= 0.3 is 0 Å². The Kier molecular flexibility index (Phi) is 4.53. The Morgan fingerprint density at radius 2 is 1.75 bits per heavy atom. The third-order valence-electron chi connectivity index (χ3n) is 2.92. The lowest BCUT2D eigenvalue weighted by Crippen LogP contribution is -2.21. The van der Waals surface area contributed by atoms with E-state index in [1.807, 2.05) is 31.2 Å². The van der Waals surface area contributed by atoms with Gasteiger partial charge in [0.2, 0.25) is 0 Å². The highest BCUT2D eigenvalue weighted by molar-refractivity contribution is 5.96. The molecular formula is C14H21NO. The van der Waals surface area contributed by atoms with Gasteiger partial charge in [-0.2, -0.15) is 0 Å². The molecule has 0 aliphatic rings. The van der Waals surface area contributed by atoms with Crippen LogP contribution in [0.4, 0.5) is 5.69 Å². The molecule has 1 rings (SSSR count). The summed E-state index contributed by atoms with van der Waals surface area (Å²) in [6, 6.07) is 8.17. The Labute approximate surface area is 98.1 Å². The van der Waals surface area contributed by atoms with Crippen molar-refractivity contribution >= 4 is 11.5 Å². The van der Waals surface area contributed by atoms with Crippen molar-refractivity contribution in [2.45, 2.75) is 40.2 Å². The number of rotatable bonds is 5. The molecule has 0 bridgehead atoms. The number of benzene rings is 1. The quantitative estimate of drug-likeness (QED) is 0.764. The van der Waals surface area contributed by atoms with Gasteiger partial charge in [0.25, 0.3) is 0 Å². The minimum atomic E-state index is 0.198. The second-order valence-corrected chi connectivity index (χ2v) is 4.53. The molecule has 1 unspecified atom stereocenters. The third kappa shape index (κ3) is 3.37. The van der Waals surface area contributed by atoms with Crippen LogP contribution in [0.15, 0.2) is 24.3 Å². The second kappa shape index (κ2) is 5.69.